The molecule has 0 aromatic heterocycles. The molecule has 0 bridgehead atoms. The summed E-state index contributed by atoms with van der Waals surface area (Å²) < 4.78 is 18.4. The van der Waals surface area contributed by atoms with Crippen LogP contribution < -0.4 is 16.4 Å². The van der Waals surface area contributed by atoms with Gasteiger partial charge >= 0.3 is 11.9 Å². The highest BCUT2D eigenvalue weighted by Crippen LogP contribution is 1.98. The van der Waals surface area contributed by atoms with Crippen LogP contribution in [-0.4, -0.2) is 53.1 Å². The van der Waals surface area contributed by atoms with Crippen molar-refractivity contribution in [3.63, 3.8) is 0 Å². The lowest BCUT2D eigenvalue weighted by atomic mass is 10.1. The Kier molecular flexibility index (Phi) is 6.62. The normalized spacial score (nSPS) is 15.7. The summed E-state index contributed by atoms with van der Waals surface area (Å²) in [5.74, 6) is -3.24. The van der Waals surface area contributed by atoms with Gasteiger partial charge in [0.15, 0.2) is 0 Å². The number of carbonyl (C=O) groups excluding carboxylic acids is 3. The van der Waals surface area contributed by atoms with Crippen LogP contribution in [0.1, 0.15) is 34.1 Å². The van der Waals surface area contributed by atoms with Crippen molar-refractivity contribution in [2.45, 2.75) is 58.3 Å². The molecule has 2 amide bonds. The minimum Gasteiger partial charge on any atom is -0.481 e. The number of rotatable bonds is 9. The maximum Gasteiger partial charge on any atom is 0.328 e. The fourth-order valence-electron chi connectivity index (χ4n) is 1.38. The molecule has 0 radical (unpaired) electrons. The van der Waals surface area contributed by atoms with Crippen molar-refractivity contribution in [2.24, 2.45) is 5.73 Å². The summed E-state index contributed by atoms with van der Waals surface area (Å²) in [6.07, 6.45) is -0.966. The molecule has 5 N–H and O–H groups in total. The van der Waals surface area contributed by atoms with Crippen LogP contribution in [-0.2, 0) is 23.9 Å². The van der Waals surface area contributed by atoms with Gasteiger partial charge in [-0.3, -0.25) is 14.4 Å². The molecule has 0 fully saturated rings. The number of aliphatic carboxylic acids is 1. The topological polar surface area (TPSA) is 148 Å². The van der Waals surface area contributed by atoms with Crippen molar-refractivity contribution in [1.82, 2.24) is 10.6 Å². The average molecular weight is 319 g/mol. The van der Waals surface area contributed by atoms with E-state index in [-0.39, 0.29) is 6.10 Å². The van der Waals surface area contributed by atoms with Crippen LogP contribution in [0, 0.1) is 0 Å². The van der Waals surface area contributed by atoms with E-state index >= 15 is 0 Å². The molecule has 0 saturated carbocycles. The molecule has 0 aliphatic carbocycles. The van der Waals surface area contributed by atoms with Gasteiger partial charge in [-0.2, -0.15) is 0 Å². The van der Waals surface area contributed by atoms with Gasteiger partial charge in [-0.1, -0.05) is 0 Å². The van der Waals surface area contributed by atoms with Crippen LogP contribution in [0.15, 0.2) is 0 Å². The van der Waals surface area contributed by atoms with Crippen LogP contribution in [0.25, 0.3) is 1.43 Å². The summed E-state index contributed by atoms with van der Waals surface area (Å²) in [4.78, 5) is 46.8. The van der Waals surface area contributed by atoms with Gasteiger partial charge in [0, 0.05) is 0 Å². The monoisotopic (exact) mass is 319 g/mol. The van der Waals surface area contributed by atoms with Gasteiger partial charge in [0.2, 0.25) is 11.8 Å². The summed E-state index contributed by atoms with van der Waals surface area (Å²) in [5, 5.41) is 8.30. The van der Waals surface area contributed by atoms with Gasteiger partial charge in [-0.05, 0) is 27.7 Å². The van der Waals surface area contributed by atoms with E-state index in [4.69, 9.17) is 7.58 Å². The van der Waals surface area contributed by atoms with E-state index in [0.29, 0.717) is 0 Å². The van der Waals surface area contributed by atoms with Crippen LogP contribution in [0.3, 0.4) is 0 Å². The van der Waals surface area contributed by atoms with Crippen molar-refractivity contribution < 1.29 is 30.4 Å². The molecule has 0 aromatic rings. The molecule has 0 spiro atoms. The minimum atomic E-state index is -1.36. The van der Waals surface area contributed by atoms with Gasteiger partial charge in [-0.15, -0.1) is 0 Å². The molecule has 0 rings (SSSR count). The second kappa shape index (κ2) is 8.98. The highest BCUT2D eigenvalue weighted by molar-refractivity contribution is 5.93. The number of hydrogen-bond acceptors (Lipinski definition) is 7. The molecule has 126 valence electrons. The first-order valence-electron chi connectivity index (χ1n) is 7.67. The maximum absolute atomic E-state index is 12.2. The van der Waals surface area contributed by atoms with Crippen molar-refractivity contribution in [2.75, 3.05) is 0 Å². The largest absolute Gasteiger partial charge is 0.481 e. The second-order valence-electron chi connectivity index (χ2n) is 5.07. The lowest BCUT2D eigenvalue weighted by Gasteiger charge is -2.21. The van der Waals surface area contributed by atoms with Crippen LogP contribution in [0.5, 0.6) is 0 Å². The Balaban J connectivity index is 4.93. The second-order valence-corrected chi connectivity index (χ2v) is 5.07. The number of esters is 1. The highest BCUT2D eigenvalue weighted by atomic mass is 16.5. The first-order chi connectivity index (χ1) is 11.1. The van der Waals surface area contributed by atoms with Gasteiger partial charge in [0.05, 0.1) is 18.6 Å². The number of amides is 2. The standard InChI is InChI=1S/C13H23N3O6/c1-6(2)22-13(21)8(4)15-12(20)9(5-10(17)18)16-11(19)7(3)14/h6-9H,5,14H2,1-4H3,(H,15,20)(H,16,19)(H,17,18)/t7-,8+,9+/m1/s1/i/hD2. The Hall–Kier alpha value is -2.16. The molecule has 0 aliphatic rings. The molecule has 0 unspecified atom stereocenters. The van der Waals surface area contributed by atoms with Crippen LogP contribution in [0.2, 0.25) is 1.41 Å². The first-order valence-corrected chi connectivity index (χ1v) is 6.76. The zero-order chi connectivity index (χ0) is 18.9. The van der Waals surface area contributed by atoms with Gasteiger partial charge in [0.1, 0.15) is 13.5 Å². The van der Waals surface area contributed by atoms with E-state index in [1.54, 1.807) is 13.8 Å². The fourth-order valence-corrected chi connectivity index (χ4v) is 1.38. The zero-order valence-corrected chi connectivity index (χ0v) is 13.0. The SMILES string of the molecule is [2H]N[C@H](C)C(=O)N[C@@H](CC(=O)O[2H])C(=O)N[C@@H](C)C(=O)OC(C)C. The third kappa shape index (κ3) is 7.58. The van der Waals surface area contributed by atoms with E-state index < -0.39 is 48.3 Å². The van der Waals surface area contributed by atoms with Crippen LogP contribution in [0.4, 0.5) is 0 Å². The van der Waals surface area contributed by atoms with Gasteiger partial charge in [0.25, 0.3) is 1.43 Å². The van der Waals surface area contributed by atoms with E-state index in [2.05, 4.69) is 15.7 Å². The van der Waals surface area contributed by atoms with E-state index in [1.165, 1.54) is 13.8 Å². The molecule has 0 aromatic carbocycles. The lowest BCUT2D eigenvalue weighted by molar-refractivity contribution is -0.151. The summed E-state index contributed by atoms with van der Waals surface area (Å²) in [7, 11) is 0. The van der Waals surface area contributed by atoms with Gasteiger partial charge < -0.3 is 26.2 Å². The summed E-state index contributed by atoms with van der Waals surface area (Å²) >= 11 is 0. The zero-order valence-electron chi connectivity index (χ0n) is 15.0. The van der Waals surface area contributed by atoms with Gasteiger partial charge in [-0.25, -0.2) is 4.79 Å². The molecule has 0 aliphatic heterocycles. The smallest absolute Gasteiger partial charge is 0.328 e. The van der Waals surface area contributed by atoms with Crippen LogP contribution >= 0.6 is 0 Å². The summed E-state index contributed by atoms with van der Waals surface area (Å²) in [6.45, 7) is 6.06. The molecule has 0 heterocycles. The van der Waals surface area contributed by atoms with Crippen molar-refractivity contribution in [3.8, 4) is 0 Å². The Morgan fingerprint density at radius 3 is 2.32 bits per heavy atom. The minimum absolute atomic E-state index is 0.366. The number of carboxylic acid groups (broad SMARTS) is 1. The molecule has 0 saturated heterocycles. The lowest BCUT2D eigenvalue weighted by Crippen LogP contribution is -2.54. The number of hydrogen-bond donors (Lipinski definition) is 4. The Bertz CT molecular complexity index is 475. The Morgan fingerprint density at radius 1 is 1.18 bits per heavy atom. The molecule has 3 atom stereocenters. The van der Waals surface area contributed by atoms with Crippen molar-refractivity contribution >= 4 is 23.8 Å². The quantitative estimate of drug-likeness (QED) is 0.388. The predicted octanol–water partition coefficient (Wildman–Crippen LogP) is -1.25. The Labute approximate surface area is 131 Å². The molecule has 22 heavy (non-hydrogen) atoms. The molecular weight excluding hydrogens is 294 g/mol. The average Bonchev–Trinajstić information content (AvgIpc) is 2.51. The van der Waals surface area contributed by atoms with E-state index in [1.807, 2.05) is 5.73 Å². The maximum atomic E-state index is 12.2. The number of nitrogens with two attached hydrogens (primary N) is 1. The first kappa shape index (κ1) is 16.2. The molecule has 9 heteroatoms. The van der Waals surface area contributed by atoms with E-state index in [0.717, 1.165) is 0 Å². The highest BCUT2D eigenvalue weighted by Gasteiger charge is 2.28. The van der Waals surface area contributed by atoms with E-state index in [9.17, 15) is 19.2 Å². The number of carboxylic acids is 1. The third-order valence-electron chi connectivity index (χ3n) is 2.46. The third-order valence-corrected chi connectivity index (χ3v) is 2.46. The number of nitrogens with one attached hydrogen (secondary N) is 2. The van der Waals surface area contributed by atoms with Crippen molar-refractivity contribution in [3.05, 3.63) is 0 Å². The summed E-state index contributed by atoms with van der Waals surface area (Å²) in [5.41, 5.74) is 1.94. The molecule has 9 nitrogen and oxygen atoms in total. The van der Waals surface area contributed by atoms with Crippen molar-refractivity contribution in [1.29, 1.82) is 1.43 Å². The predicted molar refractivity (Wildman–Crippen MR) is 76.7 cm³/mol. The summed E-state index contributed by atoms with van der Waals surface area (Å²) in [6, 6.07) is -3.30. The molecular formula is C13H23N3O6. The number of carbonyl (C=O) groups is 4. The fraction of sp³-hybridized carbons (Fsp3) is 0.692. The number of ether oxygens (including phenoxy) is 1. The Morgan fingerprint density at radius 2 is 1.82 bits per heavy atom.